The van der Waals surface area contributed by atoms with Crippen molar-refractivity contribution >= 4 is 34.1 Å². The van der Waals surface area contributed by atoms with Crippen LogP contribution in [-0.4, -0.2) is 9.97 Å². The highest BCUT2D eigenvalue weighted by molar-refractivity contribution is 6.35. The highest BCUT2D eigenvalue weighted by Crippen LogP contribution is 2.39. The van der Waals surface area contributed by atoms with Crippen LogP contribution in [0.5, 0.6) is 0 Å². The number of hydrogen-bond acceptors (Lipinski definition) is 2. The Bertz CT molecular complexity index is 598. The number of rotatable bonds is 0. The van der Waals surface area contributed by atoms with E-state index in [2.05, 4.69) is 9.97 Å². The Morgan fingerprint density at radius 1 is 1.12 bits per heavy atom. The third-order valence-corrected chi connectivity index (χ3v) is 2.74. The summed E-state index contributed by atoms with van der Waals surface area (Å²) in [6.07, 6.45) is -3.83. The predicted octanol–water partition coefficient (Wildman–Crippen LogP) is 4.09. The van der Waals surface area contributed by atoms with E-state index in [9.17, 15) is 17.6 Å². The SMILES string of the molecule is Fc1c(Cl)c(C(F)(F)F)cc2c(Cl)ncnc12. The van der Waals surface area contributed by atoms with Gasteiger partial charge in [-0.3, -0.25) is 0 Å². The van der Waals surface area contributed by atoms with E-state index >= 15 is 0 Å². The van der Waals surface area contributed by atoms with Crippen LogP contribution in [0.15, 0.2) is 12.4 Å². The molecule has 0 atom stereocenters. The molecule has 0 unspecified atom stereocenters. The number of halogens is 6. The third kappa shape index (κ3) is 2.02. The van der Waals surface area contributed by atoms with Gasteiger partial charge >= 0.3 is 6.18 Å². The summed E-state index contributed by atoms with van der Waals surface area (Å²) in [6, 6.07) is 0.628. The smallest absolute Gasteiger partial charge is 0.233 e. The summed E-state index contributed by atoms with van der Waals surface area (Å²) in [5.74, 6) is -1.26. The van der Waals surface area contributed by atoms with Crippen molar-refractivity contribution in [1.29, 1.82) is 0 Å². The van der Waals surface area contributed by atoms with Gasteiger partial charge in [-0.15, -0.1) is 0 Å². The minimum atomic E-state index is -4.77. The standard InChI is InChI=1S/C9H2Cl2F4N2/c10-5-4(9(13,14)15)1-3-7(6(5)12)16-2-17-8(3)11/h1-2H. The molecule has 2 aromatic rings. The zero-order valence-electron chi connectivity index (χ0n) is 7.82. The van der Waals surface area contributed by atoms with Crippen molar-refractivity contribution in [2.75, 3.05) is 0 Å². The molecule has 90 valence electrons. The van der Waals surface area contributed by atoms with Crippen LogP contribution in [0.3, 0.4) is 0 Å². The number of hydrogen-bond donors (Lipinski definition) is 0. The van der Waals surface area contributed by atoms with Crippen molar-refractivity contribution in [2.24, 2.45) is 0 Å². The van der Waals surface area contributed by atoms with Crippen LogP contribution in [0.25, 0.3) is 10.9 Å². The van der Waals surface area contributed by atoms with Crippen LogP contribution in [0.2, 0.25) is 10.2 Å². The van der Waals surface area contributed by atoms with E-state index in [4.69, 9.17) is 23.2 Å². The second-order valence-electron chi connectivity index (χ2n) is 3.11. The summed E-state index contributed by atoms with van der Waals surface area (Å²) in [4.78, 5) is 6.98. The number of fused-ring (bicyclic) bond motifs is 1. The van der Waals surface area contributed by atoms with Gasteiger partial charge in [0.25, 0.3) is 0 Å². The molecule has 0 fully saturated rings. The lowest BCUT2D eigenvalue weighted by molar-refractivity contribution is -0.137. The first-order valence-electron chi connectivity index (χ1n) is 4.17. The summed E-state index contributed by atoms with van der Waals surface area (Å²) in [6.45, 7) is 0. The Balaban J connectivity index is 2.91. The fraction of sp³-hybridized carbons (Fsp3) is 0.111. The van der Waals surface area contributed by atoms with Crippen LogP contribution in [0.4, 0.5) is 17.6 Å². The summed E-state index contributed by atoms with van der Waals surface area (Å²) < 4.78 is 51.2. The van der Waals surface area contributed by atoms with Gasteiger partial charge in [0.1, 0.15) is 17.0 Å². The maximum atomic E-state index is 13.6. The Morgan fingerprint density at radius 2 is 1.76 bits per heavy atom. The van der Waals surface area contributed by atoms with Crippen molar-refractivity contribution in [3.63, 3.8) is 0 Å². The molecule has 1 heterocycles. The van der Waals surface area contributed by atoms with Gasteiger partial charge in [0.05, 0.1) is 10.6 Å². The van der Waals surface area contributed by atoms with Crippen molar-refractivity contribution < 1.29 is 17.6 Å². The van der Waals surface area contributed by atoms with Gasteiger partial charge in [-0.1, -0.05) is 23.2 Å². The molecular weight excluding hydrogens is 283 g/mol. The first kappa shape index (κ1) is 12.3. The second-order valence-corrected chi connectivity index (χ2v) is 3.85. The van der Waals surface area contributed by atoms with E-state index in [0.717, 1.165) is 6.33 Å². The summed E-state index contributed by atoms with van der Waals surface area (Å²) in [5.41, 5.74) is -1.65. The van der Waals surface area contributed by atoms with Crippen LogP contribution in [-0.2, 0) is 6.18 Å². The molecule has 0 bridgehead atoms. The fourth-order valence-electron chi connectivity index (χ4n) is 1.31. The van der Waals surface area contributed by atoms with Gasteiger partial charge < -0.3 is 0 Å². The van der Waals surface area contributed by atoms with Gasteiger partial charge in [-0.2, -0.15) is 13.2 Å². The molecule has 2 nitrogen and oxygen atoms in total. The molecule has 0 amide bonds. The molecule has 0 saturated carbocycles. The van der Waals surface area contributed by atoms with Crippen LogP contribution < -0.4 is 0 Å². The number of benzene rings is 1. The average Bonchev–Trinajstić information content (AvgIpc) is 2.22. The molecule has 0 aliphatic rings. The molecule has 17 heavy (non-hydrogen) atoms. The average molecular weight is 285 g/mol. The van der Waals surface area contributed by atoms with Gasteiger partial charge in [0.2, 0.25) is 0 Å². The van der Waals surface area contributed by atoms with Crippen molar-refractivity contribution in [2.45, 2.75) is 6.18 Å². The lowest BCUT2D eigenvalue weighted by Crippen LogP contribution is -2.07. The molecule has 0 aliphatic heterocycles. The van der Waals surface area contributed by atoms with E-state index in [0.29, 0.717) is 6.07 Å². The molecule has 0 saturated heterocycles. The van der Waals surface area contributed by atoms with Gasteiger partial charge in [-0.25, -0.2) is 14.4 Å². The highest BCUT2D eigenvalue weighted by atomic mass is 35.5. The van der Waals surface area contributed by atoms with Crippen LogP contribution >= 0.6 is 23.2 Å². The first-order chi connectivity index (χ1) is 7.82. The Hall–Kier alpha value is -1.14. The lowest BCUT2D eigenvalue weighted by Gasteiger charge is -2.11. The normalized spacial score (nSPS) is 12.1. The Morgan fingerprint density at radius 3 is 2.35 bits per heavy atom. The van der Waals surface area contributed by atoms with Crippen molar-refractivity contribution in [3.05, 3.63) is 34.0 Å². The van der Waals surface area contributed by atoms with E-state index in [1.54, 1.807) is 0 Å². The van der Waals surface area contributed by atoms with E-state index in [-0.39, 0.29) is 16.1 Å². The van der Waals surface area contributed by atoms with Gasteiger partial charge in [-0.05, 0) is 6.07 Å². The molecule has 8 heteroatoms. The highest BCUT2D eigenvalue weighted by Gasteiger charge is 2.35. The first-order valence-corrected chi connectivity index (χ1v) is 4.93. The monoisotopic (exact) mass is 284 g/mol. The molecule has 0 N–H and O–H groups in total. The summed E-state index contributed by atoms with van der Waals surface area (Å²) in [7, 11) is 0. The summed E-state index contributed by atoms with van der Waals surface area (Å²) in [5, 5.41) is -1.53. The van der Waals surface area contributed by atoms with Crippen LogP contribution in [0.1, 0.15) is 5.56 Å². The molecule has 2 rings (SSSR count). The van der Waals surface area contributed by atoms with E-state index < -0.39 is 22.6 Å². The zero-order valence-corrected chi connectivity index (χ0v) is 9.33. The summed E-state index contributed by atoms with van der Waals surface area (Å²) >= 11 is 10.9. The van der Waals surface area contributed by atoms with E-state index in [1.165, 1.54) is 0 Å². The van der Waals surface area contributed by atoms with Crippen molar-refractivity contribution in [1.82, 2.24) is 9.97 Å². The molecule has 1 aromatic carbocycles. The molecule has 0 radical (unpaired) electrons. The lowest BCUT2D eigenvalue weighted by atomic mass is 10.1. The molecule has 0 aliphatic carbocycles. The van der Waals surface area contributed by atoms with Gasteiger partial charge in [0, 0.05) is 5.39 Å². The third-order valence-electron chi connectivity index (χ3n) is 2.07. The minimum absolute atomic E-state index is 0.233. The number of nitrogens with zero attached hydrogens (tertiary/aromatic N) is 2. The maximum absolute atomic E-state index is 13.6. The van der Waals surface area contributed by atoms with Crippen molar-refractivity contribution in [3.8, 4) is 0 Å². The van der Waals surface area contributed by atoms with Crippen LogP contribution in [0, 0.1) is 5.82 Å². The topological polar surface area (TPSA) is 25.8 Å². The molecular formula is C9H2Cl2F4N2. The largest absolute Gasteiger partial charge is 0.417 e. The number of aromatic nitrogens is 2. The molecule has 0 spiro atoms. The second kappa shape index (κ2) is 3.96. The molecule has 1 aromatic heterocycles. The Kier molecular flexibility index (Phi) is 2.87. The van der Waals surface area contributed by atoms with E-state index in [1.807, 2.05) is 0 Å². The maximum Gasteiger partial charge on any atom is 0.417 e. The Labute approximate surface area is 102 Å². The quantitative estimate of drug-likeness (QED) is 0.538. The zero-order chi connectivity index (χ0) is 12.8. The minimum Gasteiger partial charge on any atom is -0.233 e. The van der Waals surface area contributed by atoms with Gasteiger partial charge in [0.15, 0.2) is 5.82 Å². The number of alkyl halides is 3. The fourth-order valence-corrected chi connectivity index (χ4v) is 1.75. The predicted molar refractivity (Wildman–Crippen MR) is 54.5 cm³/mol.